The third-order valence-electron chi connectivity index (χ3n) is 1.35. The monoisotopic (exact) mass is 169 g/mol. The van der Waals surface area contributed by atoms with Gasteiger partial charge in [-0.1, -0.05) is 6.92 Å². The van der Waals surface area contributed by atoms with Gasteiger partial charge in [-0.3, -0.25) is 4.79 Å². The van der Waals surface area contributed by atoms with Gasteiger partial charge in [-0.25, -0.2) is 0 Å². The van der Waals surface area contributed by atoms with E-state index in [0.717, 1.165) is 12.7 Å². The summed E-state index contributed by atoms with van der Waals surface area (Å²) in [5.41, 5.74) is 0.511. The average Bonchev–Trinajstić information content (AvgIpc) is 2.12. The van der Waals surface area contributed by atoms with Gasteiger partial charge in [-0.15, -0.1) is 0 Å². The van der Waals surface area contributed by atoms with Crippen molar-refractivity contribution in [1.29, 1.82) is 0 Å². The standard InChI is InChI=1S/C9H15NO2/c1-4-5-9(12-3)6-8(7-11)10-2/h5-7,10H,4H2,1-3H3/b8-6-,9-5+. The van der Waals surface area contributed by atoms with E-state index < -0.39 is 0 Å². The Morgan fingerprint density at radius 1 is 1.58 bits per heavy atom. The Hall–Kier alpha value is -1.25. The highest BCUT2D eigenvalue weighted by molar-refractivity contribution is 5.72. The van der Waals surface area contributed by atoms with E-state index in [1.165, 1.54) is 0 Å². The second kappa shape index (κ2) is 6.46. The highest BCUT2D eigenvalue weighted by atomic mass is 16.5. The van der Waals surface area contributed by atoms with Crippen LogP contribution in [-0.2, 0) is 9.53 Å². The fraction of sp³-hybridized carbons (Fsp3) is 0.444. The summed E-state index contributed by atoms with van der Waals surface area (Å²) < 4.78 is 5.01. The third kappa shape index (κ3) is 3.81. The first-order valence-corrected chi connectivity index (χ1v) is 3.87. The summed E-state index contributed by atoms with van der Waals surface area (Å²) >= 11 is 0. The number of carbonyl (C=O) groups is 1. The fourth-order valence-electron chi connectivity index (χ4n) is 0.721. The molecule has 1 N–H and O–H groups in total. The van der Waals surface area contributed by atoms with Gasteiger partial charge in [0.1, 0.15) is 5.76 Å². The van der Waals surface area contributed by atoms with Crippen LogP contribution in [0.25, 0.3) is 0 Å². The number of allylic oxidation sites excluding steroid dienone is 3. The molecule has 0 aromatic heterocycles. The van der Waals surface area contributed by atoms with Crippen LogP contribution in [0.3, 0.4) is 0 Å². The van der Waals surface area contributed by atoms with Crippen molar-refractivity contribution in [1.82, 2.24) is 5.32 Å². The van der Waals surface area contributed by atoms with Crippen LogP contribution < -0.4 is 5.32 Å². The van der Waals surface area contributed by atoms with E-state index in [1.54, 1.807) is 20.2 Å². The van der Waals surface area contributed by atoms with E-state index in [9.17, 15) is 4.79 Å². The molecule has 0 spiro atoms. The third-order valence-corrected chi connectivity index (χ3v) is 1.35. The number of nitrogens with one attached hydrogen (secondary N) is 1. The smallest absolute Gasteiger partial charge is 0.166 e. The molecule has 0 fully saturated rings. The number of carbonyl (C=O) groups excluding carboxylic acids is 1. The molecule has 12 heavy (non-hydrogen) atoms. The molecule has 0 aliphatic carbocycles. The van der Waals surface area contributed by atoms with Crippen LogP contribution in [0.4, 0.5) is 0 Å². The fourth-order valence-corrected chi connectivity index (χ4v) is 0.721. The Morgan fingerprint density at radius 3 is 2.58 bits per heavy atom. The minimum absolute atomic E-state index is 0.511. The highest BCUT2D eigenvalue weighted by Gasteiger charge is 1.93. The molecule has 0 aliphatic heterocycles. The number of ether oxygens (including phenoxy) is 1. The molecule has 3 heteroatoms. The van der Waals surface area contributed by atoms with Crippen LogP contribution in [0, 0.1) is 0 Å². The maximum atomic E-state index is 10.4. The van der Waals surface area contributed by atoms with E-state index in [4.69, 9.17) is 4.74 Å². The molecule has 0 amide bonds. The van der Waals surface area contributed by atoms with Crippen molar-refractivity contribution in [3.63, 3.8) is 0 Å². The van der Waals surface area contributed by atoms with Gasteiger partial charge in [0.05, 0.1) is 12.8 Å². The van der Waals surface area contributed by atoms with Crippen LogP contribution in [0.1, 0.15) is 13.3 Å². The lowest BCUT2D eigenvalue weighted by Gasteiger charge is -2.01. The molecule has 3 nitrogen and oxygen atoms in total. The van der Waals surface area contributed by atoms with Crippen LogP contribution in [-0.4, -0.2) is 20.4 Å². The van der Waals surface area contributed by atoms with Crippen molar-refractivity contribution in [2.45, 2.75) is 13.3 Å². The maximum Gasteiger partial charge on any atom is 0.166 e. The quantitative estimate of drug-likeness (QED) is 0.291. The predicted octanol–water partition coefficient (Wildman–Crippen LogP) is 1.23. The summed E-state index contributed by atoms with van der Waals surface area (Å²) in [5.74, 6) is 0.703. The highest BCUT2D eigenvalue weighted by Crippen LogP contribution is 2.01. The van der Waals surface area contributed by atoms with Gasteiger partial charge in [-0.2, -0.15) is 0 Å². The lowest BCUT2D eigenvalue weighted by atomic mass is 10.3. The molecular formula is C9H15NO2. The zero-order chi connectivity index (χ0) is 9.40. The largest absolute Gasteiger partial charge is 0.497 e. The molecule has 0 atom stereocenters. The lowest BCUT2D eigenvalue weighted by Crippen LogP contribution is -2.07. The Bertz CT molecular complexity index is 195. The van der Waals surface area contributed by atoms with Crippen molar-refractivity contribution >= 4 is 6.29 Å². The van der Waals surface area contributed by atoms with Gasteiger partial charge in [0.25, 0.3) is 0 Å². The van der Waals surface area contributed by atoms with Crippen LogP contribution >= 0.6 is 0 Å². The van der Waals surface area contributed by atoms with Crippen molar-refractivity contribution in [2.75, 3.05) is 14.2 Å². The van der Waals surface area contributed by atoms with E-state index in [0.29, 0.717) is 11.5 Å². The van der Waals surface area contributed by atoms with Crippen molar-refractivity contribution in [2.24, 2.45) is 0 Å². The molecule has 0 rings (SSSR count). The molecule has 0 saturated heterocycles. The Labute approximate surface area is 73.1 Å². The number of hydrogen-bond donors (Lipinski definition) is 1. The molecule has 0 unspecified atom stereocenters. The summed E-state index contributed by atoms with van der Waals surface area (Å²) in [7, 11) is 3.27. The summed E-state index contributed by atoms with van der Waals surface area (Å²) in [6.07, 6.45) is 5.20. The molecule has 0 aromatic carbocycles. The molecule has 0 radical (unpaired) electrons. The van der Waals surface area contributed by atoms with E-state index in [1.807, 2.05) is 13.0 Å². The minimum Gasteiger partial charge on any atom is -0.497 e. The Morgan fingerprint density at radius 2 is 2.25 bits per heavy atom. The molecule has 0 aromatic rings. The lowest BCUT2D eigenvalue weighted by molar-refractivity contribution is -0.105. The Balaban J connectivity index is 4.42. The van der Waals surface area contributed by atoms with E-state index in [2.05, 4.69) is 5.32 Å². The predicted molar refractivity (Wildman–Crippen MR) is 48.6 cm³/mol. The Kier molecular flexibility index (Phi) is 5.79. The normalized spacial score (nSPS) is 12.6. The SMILES string of the molecule is CC/C=C(\C=C(\C=O)NC)OC. The summed E-state index contributed by atoms with van der Waals surface area (Å²) in [6, 6.07) is 0. The zero-order valence-electron chi connectivity index (χ0n) is 7.76. The minimum atomic E-state index is 0.511. The first kappa shape index (κ1) is 10.8. The molecule has 0 heterocycles. The summed E-state index contributed by atoms with van der Waals surface area (Å²) in [5, 5.41) is 2.75. The van der Waals surface area contributed by atoms with Gasteiger partial charge in [0.2, 0.25) is 0 Å². The van der Waals surface area contributed by atoms with E-state index in [-0.39, 0.29) is 0 Å². The summed E-state index contributed by atoms with van der Waals surface area (Å²) in [4.78, 5) is 10.4. The van der Waals surface area contributed by atoms with Crippen molar-refractivity contribution in [3.8, 4) is 0 Å². The number of likely N-dealkylation sites (N-methyl/N-ethyl adjacent to an activating group) is 1. The second-order valence-corrected chi connectivity index (χ2v) is 2.19. The molecule has 0 saturated carbocycles. The zero-order valence-corrected chi connectivity index (χ0v) is 7.76. The number of rotatable bonds is 5. The van der Waals surface area contributed by atoms with Crippen LogP contribution in [0.15, 0.2) is 23.6 Å². The first-order chi connectivity index (χ1) is 5.78. The van der Waals surface area contributed by atoms with Gasteiger partial charge in [0, 0.05) is 13.1 Å². The topological polar surface area (TPSA) is 38.3 Å². The van der Waals surface area contributed by atoms with Gasteiger partial charge in [-0.05, 0) is 12.5 Å². The van der Waals surface area contributed by atoms with Gasteiger partial charge in [0.15, 0.2) is 6.29 Å². The molecule has 0 bridgehead atoms. The number of aldehydes is 1. The molecule has 68 valence electrons. The van der Waals surface area contributed by atoms with Gasteiger partial charge >= 0.3 is 0 Å². The van der Waals surface area contributed by atoms with Crippen LogP contribution in [0.2, 0.25) is 0 Å². The van der Waals surface area contributed by atoms with E-state index >= 15 is 0 Å². The molecular weight excluding hydrogens is 154 g/mol. The van der Waals surface area contributed by atoms with Gasteiger partial charge < -0.3 is 10.1 Å². The van der Waals surface area contributed by atoms with Crippen LogP contribution in [0.5, 0.6) is 0 Å². The van der Waals surface area contributed by atoms with Crippen molar-refractivity contribution < 1.29 is 9.53 Å². The van der Waals surface area contributed by atoms with Crippen molar-refractivity contribution in [3.05, 3.63) is 23.6 Å². The average molecular weight is 169 g/mol. The molecule has 0 aliphatic rings. The maximum absolute atomic E-state index is 10.4. The first-order valence-electron chi connectivity index (χ1n) is 3.87. The summed E-state index contributed by atoms with van der Waals surface area (Å²) in [6.45, 7) is 2.01. The second-order valence-electron chi connectivity index (χ2n) is 2.19. The number of hydrogen-bond acceptors (Lipinski definition) is 3. The number of methoxy groups -OCH3 is 1.